The van der Waals surface area contributed by atoms with E-state index < -0.39 is 5.97 Å². The summed E-state index contributed by atoms with van der Waals surface area (Å²) in [7, 11) is 0. The average Bonchev–Trinajstić information content (AvgIpc) is 2.46. The van der Waals surface area contributed by atoms with E-state index in [-0.39, 0.29) is 17.7 Å². The quantitative estimate of drug-likeness (QED) is 0.880. The fraction of sp³-hybridized carbons (Fsp3) is 0.533. The molecule has 1 saturated carbocycles. The Balaban J connectivity index is 1.82. The highest BCUT2D eigenvalue weighted by molar-refractivity contribution is 5.79. The molecule has 0 aromatic carbocycles. The predicted octanol–water partition coefficient (Wildman–Crippen LogP) is 1.90. The SMILES string of the molecule is Cc1cnccc1CNC(=O)C1CCC(C(=O)O)CC1. The van der Waals surface area contributed by atoms with Crippen molar-refractivity contribution in [1.82, 2.24) is 10.3 Å². The molecule has 0 spiro atoms. The van der Waals surface area contributed by atoms with Crippen LogP contribution in [0.25, 0.3) is 0 Å². The molecule has 0 saturated heterocycles. The van der Waals surface area contributed by atoms with Crippen LogP contribution < -0.4 is 5.32 Å². The lowest BCUT2D eigenvalue weighted by molar-refractivity contribution is -0.144. The lowest BCUT2D eigenvalue weighted by atomic mass is 9.81. The number of carboxylic acids is 1. The van der Waals surface area contributed by atoms with Crippen molar-refractivity contribution >= 4 is 11.9 Å². The van der Waals surface area contributed by atoms with E-state index in [4.69, 9.17) is 5.11 Å². The average molecular weight is 276 g/mol. The minimum Gasteiger partial charge on any atom is -0.481 e. The van der Waals surface area contributed by atoms with Gasteiger partial charge in [0, 0.05) is 24.9 Å². The minimum absolute atomic E-state index is 0.0325. The Bertz CT molecular complexity index is 494. The molecule has 0 bridgehead atoms. The summed E-state index contributed by atoms with van der Waals surface area (Å²) < 4.78 is 0. The topological polar surface area (TPSA) is 79.3 Å². The van der Waals surface area contributed by atoms with Crippen LogP contribution in [0, 0.1) is 18.8 Å². The van der Waals surface area contributed by atoms with Crippen molar-refractivity contribution in [3.63, 3.8) is 0 Å². The van der Waals surface area contributed by atoms with Crippen molar-refractivity contribution in [2.45, 2.75) is 39.2 Å². The molecule has 1 fully saturated rings. The van der Waals surface area contributed by atoms with Gasteiger partial charge >= 0.3 is 5.97 Å². The van der Waals surface area contributed by atoms with Gasteiger partial charge in [-0.05, 0) is 49.8 Å². The Morgan fingerprint density at radius 2 is 1.95 bits per heavy atom. The Kier molecular flexibility index (Phi) is 4.71. The van der Waals surface area contributed by atoms with Gasteiger partial charge in [0.25, 0.3) is 0 Å². The maximum Gasteiger partial charge on any atom is 0.306 e. The summed E-state index contributed by atoms with van der Waals surface area (Å²) in [6, 6.07) is 1.90. The van der Waals surface area contributed by atoms with Crippen LogP contribution in [0.5, 0.6) is 0 Å². The van der Waals surface area contributed by atoms with E-state index in [9.17, 15) is 9.59 Å². The molecule has 0 atom stereocenters. The van der Waals surface area contributed by atoms with Crippen LogP contribution >= 0.6 is 0 Å². The maximum absolute atomic E-state index is 12.1. The Hall–Kier alpha value is -1.91. The fourth-order valence-electron chi connectivity index (χ4n) is 2.63. The van der Waals surface area contributed by atoms with E-state index in [1.807, 2.05) is 13.0 Å². The number of hydrogen-bond donors (Lipinski definition) is 2. The van der Waals surface area contributed by atoms with Crippen molar-refractivity contribution in [3.8, 4) is 0 Å². The highest BCUT2D eigenvalue weighted by atomic mass is 16.4. The Labute approximate surface area is 118 Å². The number of nitrogens with one attached hydrogen (secondary N) is 1. The van der Waals surface area contributed by atoms with Crippen molar-refractivity contribution in [3.05, 3.63) is 29.6 Å². The molecule has 5 nitrogen and oxygen atoms in total. The molecule has 1 aliphatic rings. The molecule has 0 aliphatic heterocycles. The predicted molar refractivity (Wildman–Crippen MR) is 73.9 cm³/mol. The highest BCUT2D eigenvalue weighted by Crippen LogP contribution is 2.29. The molecule has 2 rings (SSSR count). The minimum atomic E-state index is -0.740. The number of carbonyl (C=O) groups is 2. The highest BCUT2D eigenvalue weighted by Gasteiger charge is 2.29. The van der Waals surface area contributed by atoms with Crippen molar-refractivity contribution in [2.75, 3.05) is 0 Å². The molecule has 1 aromatic rings. The van der Waals surface area contributed by atoms with E-state index in [2.05, 4.69) is 10.3 Å². The molecule has 108 valence electrons. The zero-order valence-electron chi connectivity index (χ0n) is 11.6. The van der Waals surface area contributed by atoms with Gasteiger partial charge in [0.05, 0.1) is 5.92 Å². The van der Waals surface area contributed by atoms with Gasteiger partial charge in [-0.2, -0.15) is 0 Å². The third-order valence-corrected chi connectivity index (χ3v) is 4.04. The van der Waals surface area contributed by atoms with Crippen LogP contribution in [-0.2, 0) is 16.1 Å². The molecule has 20 heavy (non-hydrogen) atoms. The van der Waals surface area contributed by atoms with Crippen LogP contribution in [0.2, 0.25) is 0 Å². The Morgan fingerprint density at radius 3 is 2.55 bits per heavy atom. The van der Waals surface area contributed by atoms with E-state index in [0.29, 0.717) is 32.2 Å². The second-order valence-electron chi connectivity index (χ2n) is 5.41. The molecule has 0 unspecified atom stereocenters. The lowest BCUT2D eigenvalue weighted by Crippen LogP contribution is -2.34. The Morgan fingerprint density at radius 1 is 1.30 bits per heavy atom. The van der Waals surface area contributed by atoms with Gasteiger partial charge in [-0.1, -0.05) is 0 Å². The molecule has 2 N–H and O–H groups in total. The molecule has 5 heteroatoms. The summed E-state index contributed by atoms with van der Waals surface area (Å²) in [5.74, 6) is -1.03. The summed E-state index contributed by atoms with van der Waals surface area (Å²) >= 11 is 0. The van der Waals surface area contributed by atoms with E-state index >= 15 is 0 Å². The van der Waals surface area contributed by atoms with Crippen LogP contribution in [0.4, 0.5) is 0 Å². The number of hydrogen-bond acceptors (Lipinski definition) is 3. The van der Waals surface area contributed by atoms with Gasteiger partial charge in [0.1, 0.15) is 0 Å². The summed E-state index contributed by atoms with van der Waals surface area (Å²) in [5.41, 5.74) is 2.12. The van der Waals surface area contributed by atoms with Gasteiger partial charge in [0.15, 0.2) is 0 Å². The molecule has 1 aromatic heterocycles. The van der Waals surface area contributed by atoms with Crippen LogP contribution in [0.15, 0.2) is 18.5 Å². The molecule has 1 aliphatic carbocycles. The smallest absolute Gasteiger partial charge is 0.306 e. The largest absolute Gasteiger partial charge is 0.481 e. The summed E-state index contributed by atoms with van der Waals surface area (Å²) in [5, 5.41) is 11.9. The monoisotopic (exact) mass is 276 g/mol. The number of rotatable bonds is 4. The zero-order valence-corrected chi connectivity index (χ0v) is 11.6. The van der Waals surface area contributed by atoms with Crippen LogP contribution in [0.1, 0.15) is 36.8 Å². The van der Waals surface area contributed by atoms with Crippen LogP contribution in [0.3, 0.4) is 0 Å². The van der Waals surface area contributed by atoms with E-state index in [1.54, 1.807) is 12.4 Å². The standard InChI is InChI=1S/C15H20N2O3/c1-10-8-16-7-6-13(10)9-17-14(18)11-2-4-12(5-3-11)15(19)20/h6-8,11-12H,2-5,9H2,1H3,(H,17,18)(H,19,20). The number of aromatic nitrogens is 1. The first kappa shape index (κ1) is 14.5. The number of pyridine rings is 1. The molecule has 1 amide bonds. The van der Waals surface area contributed by atoms with Gasteiger partial charge in [0.2, 0.25) is 5.91 Å². The first-order valence-corrected chi connectivity index (χ1v) is 6.98. The number of carboxylic acid groups (broad SMARTS) is 1. The van der Waals surface area contributed by atoms with Crippen molar-refractivity contribution in [2.24, 2.45) is 11.8 Å². The third kappa shape index (κ3) is 3.56. The van der Waals surface area contributed by atoms with Gasteiger partial charge in [-0.3, -0.25) is 14.6 Å². The molecule has 0 radical (unpaired) electrons. The third-order valence-electron chi connectivity index (χ3n) is 4.04. The van der Waals surface area contributed by atoms with Crippen molar-refractivity contribution < 1.29 is 14.7 Å². The number of nitrogens with zero attached hydrogens (tertiary/aromatic N) is 1. The van der Waals surface area contributed by atoms with Gasteiger partial charge in [-0.25, -0.2) is 0 Å². The summed E-state index contributed by atoms with van der Waals surface area (Å²) in [6.45, 7) is 2.47. The zero-order chi connectivity index (χ0) is 14.5. The number of amides is 1. The van der Waals surface area contributed by atoms with Crippen LogP contribution in [-0.4, -0.2) is 22.0 Å². The number of carbonyl (C=O) groups excluding carboxylic acids is 1. The maximum atomic E-state index is 12.1. The number of aliphatic carboxylic acids is 1. The van der Waals surface area contributed by atoms with Crippen molar-refractivity contribution in [1.29, 1.82) is 0 Å². The van der Waals surface area contributed by atoms with E-state index in [0.717, 1.165) is 11.1 Å². The van der Waals surface area contributed by atoms with Gasteiger partial charge in [-0.15, -0.1) is 0 Å². The number of aryl methyl sites for hydroxylation is 1. The molecule has 1 heterocycles. The second kappa shape index (κ2) is 6.50. The second-order valence-corrected chi connectivity index (χ2v) is 5.41. The summed E-state index contributed by atoms with van der Waals surface area (Å²) in [6.07, 6.45) is 6.02. The first-order valence-electron chi connectivity index (χ1n) is 6.98. The first-order chi connectivity index (χ1) is 9.58. The van der Waals surface area contributed by atoms with E-state index in [1.165, 1.54) is 0 Å². The normalized spacial score (nSPS) is 22.2. The fourth-order valence-corrected chi connectivity index (χ4v) is 2.63. The summed E-state index contributed by atoms with van der Waals surface area (Å²) in [4.78, 5) is 27.0. The molecular weight excluding hydrogens is 256 g/mol. The van der Waals surface area contributed by atoms with Gasteiger partial charge < -0.3 is 10.4 Å². The lowest BCUT2D eigenvalue weighted by Gasteiger charge is -2.25. The molecular formula is C15H20N2O3.